The molecule has 0 aliphatic heterocycles. The summed E-state index contributed by atoms with van der Waals surface area (Å²) in [7, 11) is -1.87. The molecule has 0 radical (unpaired) electrons. The monoisotopic (exact) mass is 443 g/mol. The van der Waals surface area contributed by atoms with E-state index in [1.54, 1.807) is 54.7 Å². The lowest BCUT2D eigenvalue weighted by Crippen LogP contribution is -2.12. The number of carbonyl (C=O) groups is 1. The standard InChI is InChI=1S/C25H21N3O3S/c1-28-17-23(25(29)14-11-18-7-9-19(16-26)10-8-18)22-15-20(12-13-24(22)28)27-32(30,31)21-5-3-2-4-6-21/h2-10,12-13,15,17,27H,11,14H2,1H3. The average molecular weight is 444 g/mol. The normalized spacial score (nSPS) is 11.2. The number of ketones is 1. The van der Waals surface area contributed by atoms with Crippen LogP contribution in [0.1, 0.15) is 27.9 Å². The van der Waals surface area contributed by atoms with E-state index in [-0.39, 0.29) is 10.7 Å². The molecule has 7 heteroatoms. The van der Waals surface area contributed by atoms with Gasteiger partial charge in [-0.3, -0.25) is 9.52 Å². The van der Waals surface area contributed by atoms with Crippen molar-refractivity contribution in [1.29, 1.82) is 5.26 Å². The molecule has 1 N–H and O–H groups in total. The lowest BCUT2D eigenvalue weighted by Gasteiger charge is -2.09. The van der Waals surface area contributed by atoms with Gasteiger partial charge < -0.3 is 4.57 Å². The van der Waals surface area contributed by atoms with Gasteiger partial charge in [-0.15, -0.1) is 0 Å². The van der Waals surface area contributed by atoms with Crippen LogP contribution in [0.15, 0.2) is 83.9 Å². The van der Waals surface area contributed by atoms with Gasteiger partial charge in [0.25, 0.3) is 10.0 Å². The van der Waals surface area contributed by atoms with Crippen LogP contribution in [0.5, 0.6) is 0 Å². The molecule has 0 saturated carbocycles. The van der Waals surface area contributed by atoms with Crippen molar-refractivity contribution >= 4 is 32.4 Å². The quantitative estimate of drug-likeness (QED) is 0.420. The highest BCUT2D eigenvalue weighted by Gasteiger charge is 2.17. The number of carbonyl (C=O) groups excluding carboxylic acids is 1. The van der Waals surface area contributed by atoms with E-state index in [0.717, 1.165) is 11.1 Å². The molecule has 0 amide bonds. The van der Waals surface area contributed by atoms with Crippen molar-refractivity contribution in [3.8, 4) is 6.07 Å². The lowest BCUT2D eigenvalue weighted by atomic mass is 10.0. The Bertz CT molecular complexity index is 1430. The Morgan fingerprint density at radius 1 is 1.03 bits per heavy atom. The third-order valence-electron chi connectivity index (χ3n) is 5.32. The first-order valence-corrected chi connectivity index (χ1v) is 11.5. The van der Waals surface area contributed by atoms with Crippen molar-refractivity contribution in [2.24, 2.45) is 7.05 Å². The minimum Gasteiger partial charge on any atom is -0.350 e. The Hall–Kier alpha value is -3.89. The number of rotatable bonds is 7. The Labute approximate surface area is 186 Å². The maximum Gasteiger partial charge on any atom is 0.261 e. The average Bonchev–Trinajstić information content (AvgIpc) is 3.14. The van der Waals surface area contributed by atoms with Crippen molar-refractivity contribution in [3.63, 3.8) is 0 Å². The minimum absolute atomic E-state index is 0.0250. The smallest absolute Gasteiger partial charge is 0.261 e. The summed E-state index contributed by atoms with van der Waals surface area (Å²) in [6, 6.07) is 22.6. The number of fused-ring (bicyclic) bond motifs is 1. The van der Waals surface area contributed by atoms with E-state index in [4.69, 9.17) is 5.26 Å². The maximum atomic E-state index is 13.0. The van der Waals surface area contributed by atoms with E-state index in [9.17, 15) is 13.2 Å². The first-order valence-electron chi connectivity index (χ1n) is 10.1. The predicted molar refractivity (Wildman–Crippen MR) is 124 cm³/mol. The number of anilines is 1. The molecule has 6 nitrogen and oxygen atoms in total. The highest BCUT2D eigenvalue weighted by Crippen LogP contribution is 2.27. The van der Waals surface area contributed by atoms with E-state index in [0.29, 0.717) is 35.0 Å². The van der Waals surface area contributed by atoms with Gasteiger partial charge in [0.2, 0.25) is 0 Å². The number of hydrogen-bond acceptors (Lipinski definition) is 4. The number of nitriles is 1. The molecule has 1 heterocycles. The summed E-state index contributed by atoms with van der Waals surface area (Å²) in [6.45, 7) is 0. The number of nitrogens with one attached hydrogen (secondary N) is 1. The van der Waals surface area contributed by atoms with Crippen molar-refractivity contribution in [3.05, 3.63) is 95.7 Å². The van der Waals surface area contributed by atoms with Crippen LogP contribution in [-0.4, -0.2) is 18.8 Å². The number of benzene rings is 3. The molecule has 0 aliphatic carbocycles. The molecular formula is C25H21N3O3S. The molecule has 0 unspecified atom stereocenters. The maximum absolute atomic E-state index is 13.0. The lowest BCUT2D eigenvalue weighted by molar-refractivity contribution is 0.0984. The van der Waals surface area contributed by atoms with Gasteiger partial charge in [0.1, 0.15) is 0 Å². The van der Waals surface area contributed by atoms with Crippen LogP contribution < -0.4 is 4.72 Å². The van der Waals surface area contributed by atoms with Gasteiger partial charge in [-0.05, 0) is 54.4 Å². The second-order valence-electron chi connectivity index (χ2n) is 7.54. The van der Waals surface area contributed by atoms with E-state index >= 15 is 0 Å². The third-order valence-corrected chi connectivity index (χ3v) is 6.72. The van der Waals surface area contributed by atoms with Crippen LogP contribution in [0.2, 0.25) is 0 Å². The van der Waals surface area contributed by atoms with Gasteiger partial charge in [0.05, 0.1) is 16.5 Å². The van der Waals surface area contributed by atoms with Gasteiger partial charge in [-0.2, -0.15) is 5.26 Å². The molecular weight excluding hydrogens is 422 g/mol. The molecule has 0 saturated heterocycles. The van der Waals surface area contributed by atoms with Crippen molar-refractivity contribution in [2.45, 2.75) is 17.7 Å². The second kappa shape index (κ2) is 8.69. The zero-order valence-electron chi connectivity index (χ0n) is 17.4. The number of Topliss-reactive ketones (excluding diaryl/α,β-unsaturated/α-hetero) is 1. The van der Waals surface area contributed by atoms with Crippen LogP contribution in [0.3, 0.4) is 0 Å². The van der Waals surface area contributed by atoms with Gasteiger partial charge >= 0.3 is 0 Å². The summed E-state index contributed by atoms with van der Waals surface area (Å²) in [6.07, 6.45) is 2.65. The molecule has 0 bridgehead atoms. The van der Waals surface area contributed by atoms with Crippen molar-refractivity contribution < 1.29 is 13.2 Å². The fourth-order valence-electron chi connectivity index (χ4n) is 3.63. The SMILES string of the molecule is Cn1cc(C(=O)CCc2ccc(C#N)cc2)c2cc(NS(=O)(=O)c3ccccc3)ccc21. The largest absolute Gasteiger partial charge is 0.350 e. The highest BCUT2D eigenvalue weighted by molar-refractivity contribution is 7.92. The van der Waals surface area contributed by atoms with E-state index in [1.165, 1.54) is 12.1 Å². The van der Waals surface area contributed by atoms with Crippen molar-refractivity contribution in [2.75, 3.05) is 4.72 Å². The number of nitrogens with zero attached hydrogens (tertiary/aromatic N) is 2. The second-order valence-corrected chi connectivity index (χ2v) is 9.22. The summed E-state index contributed by atoms with van der Waals surface area (Å²) in [4.78, 5) is 13.2. The molecule has 0 fully saturated rings. The molecule has 160 valence electrons. The Morgan fingerprint density at radius 2 is 1.75 bits per heavy atom. The Kier molecular flexibility index (Phi) is 5.80. The van der Waals surface area contributed by atoms with E-state index in [2.05, 4.69) is 10.8 Å². The third kappa shape index (κ3) is 4.41. The van der Waals surface area contributed by atoms with Crippen LogP contribution in [0.4, 0.5) is 5.69 Å². The summed E-state index contributed by atoms with van der Waals surface area (Å²) in [5.74, 6) is -0.0250. The Morgan fingerprint density at radius 3 is 2.44 bits per heavy atom. The molecule has 0 spiro atoms. The fraction of sp³-hybridized carbons (Fsp3) is 0.120. The number of aromatic nitrogens is 1. The van der Waals surface area contributed by atoms with Crippen LogP contribution in [0.25, 0.3) is 10.9 Å². The van der Waals surface area contributed by atoms with Gasteiger partial charge in [-0.25, -0.2) is 8.42 Å². The first kappa shape index (κ1) is 21.3. The van der Waals surface area contributed by atoms with Gasteiger partial charge in [0, 0.05) is 41.8 Å². The zero-order chi connectivity index (χ0) is 22.7. The van der Waals surface area contributed by atoms with Crippen molar-refractivity contribution in [1.82, 2.24) is 4.57 Å². The zero-order valence-corrected chi connectivity index (χ0v) is 18.3. The summed E-state index contributed by atoms with van der Waals surface area (Å²) >= 11 is 0. The van der Waals surface area contributed by atoms with E-state index < -0.39 is 10.0 Å². The topological polar surface area (TPSA) is 92.0 Å². The molecule has 4 rings (SSSR count). The molecule has 32 heavy (non-hydrogen) atoms. The van der Waals surface area contributed by atoms with Crippen LogP contribution in [0, 0.1) is 11.3 Å². The predicted octanol–water partition coefficient (Wildman–Crippen LogP) is 4.67. The fourth-order valence-corrected chi connectivity index (χ4v) is 4.70. The van der Waals surface area contributed by atoms with Gasteiger partial charge in [-0.1, -0.05) is 30.3 Å². The Balaban J connectivity index is 1.58. The van der Waals surface area contributed by atoms with Crippen LogP contribution >= 0.6 is 0 Å². The van der Waals surface area contributed by atoms with E-state index in [1.807, 2.05) is 23.7 Å². The summed E-state index contributed by atoms with van der Waals surface area (Å²) < 4.78 is 29.8. The number of hydrogen-bond donors (Lipinski definition) is 1. The molecule has 3 aromatic carbocycles. The molecule has 1 aromatic heterocycles. The first-order chi connectivity index (χ1) is 15.4. The molecule has 0 aliphatic rings. The minimum atomic E-state index is -3.72. The highest BCUT2D eigenvalue weighted by atomic mass is 32.2. The number of aryl methyl sites for hydroxylation is 2. The number of sulfonamides is 1. The molecule has 0 atom stereocenters. The van der Waals surface area contributed by atoms with Crippen LogP contribution in [-0.2, 0) is 23.5 Å². The van der Waals surface area contributed by atoms with Gasteiger partial charge in [0.15, 0.2) is 5.78 Å². The molecule has 4 aromatic rings. The summed E-state index contributed by atoms with van der Waals surface area (Å²) in [5, 5.41) is 9.61. The summed E-state index contributed by atoms with van der Waals surface area (Å²) in [5.41, 5.74) is 3.36.